The topological polar surface area (TPSA) is 105 Å². The van der Waals surface area contributed by atoms with Crippen LogP contribution in [0.25, 0.3) is 0 Å². The quantitative estimate of drug-likeness (QED) is 0.584. The van der Waals surface area contributed by atoms with Crippen LogP contribution >= 0.6 is 0 Å². The van der Waals surface area contributed by atoms with Crippen LogP contribution in [0.4, 0.5) is 10.5 Å². The molecule has 146 valence electrons. The summed E-state index contributed by atoms with van der Waals surface area (Å²) in [5, 5.41) is 5.26. The highest BCUT2D eigenvalue weighted by Gasteiger charge is 2.47. The summed E-state index contributed by atoms with van der Waals surface area (Å²) in [6.07, 6.45) is -0.672. The molecule has 1 aliphatic rings. The van der Waals surface area contributed by atoms with Gasteiger partial charge in [-0.2, -0.15) is 0 Å². The Morgan fingerprint density at radius 2 is 1.96 bits per heavy atom. The molecule has 0 saturated carbocycles. The van der Waals surface area contributed by atoms with Crippen molar-refractivity contribution in [3.8, 4) is 0 Å². The number of esters is 1. The Labute approximate surface area is 158 Å². The van der Waals surface area contributed by atoms with E-state index in [1.165, 1.54) is 6.92 Å². The van der Waals surface area contributed by atoms with Crippen molar-refractivity contribution in [2.75, 3.05) is 11.9 Å². The van der Waals surface area contributed by atoms with Crippen molar-refractivity contribution in [1.82, 2.24) is 10.2 Å². The molecule has 4 amide bonds. The van der Waals surface area contributed by atoms with Crippen molar-refractivity contribution in [2.24, 2.45) is 0 Å². The van der Waals surface area contributed by atoms with Gasteiger partial charge in [0.25, 0.3) is 11.8 Å². The predicted molar refractivity (Wildman–Crippen MR) is 99.0 cm³/mol. The molecule has 1 heterocycles. The van der Waals surface area contributed by atoms with Gasteiger partial charge in [0.05, 0.1) is 0 Å². The molecule has 2 N–H and O–H groups in total. The molecule has 0 aromatic heterocycles. The highest BCUT2D eigenvalue weighted by molar-refractivity contribution is 6.08. The molecule has 1 aromatic carbocycles. The van der Waals surface area contributed by atoms with E-state index in [1.807, 2.05) is 26.0 Å². The molecule has 1 aromatic rings. The van der Waals surface area contributed by atoms with Gasteiger partial charge in [0.1, 0.15) is 12.1 Å². The molecular weight excluding hydrogens is 350 g/mol. The fourth-order valence-electron chi connectivity index (χ4n) is 2.74. The molecule has 8 heteroatoms. The van der Waals surface area contributed by atoms with Crippen LogP contribution in [0.1, 0.15) is 38.3 Å². The zero-order chi connectivity index (χ0) is 20.4. The lowest BCUT2D eigenvalue weighted by Crippen LogP contribution is -2.44. The Kier molecular flexibility index (Phi) is 5.88. The number of carbonyl (C=O) groups is 4. The van der Waals surface area contributed by atoms with Crippen LogP contribution in [-0.4, -0.2) is 46.9 Å². The van der Waals surface area contributed by atoms with Crippen LogP contribution in [0.2, 0.25) is 0 Å². The van der Waals surface area contributed by atoms with Crippen molar-refractivity contribution in [1.29, 1.82) is 0 Å². The van der Waals surface area contributed by atoms with Gasteiger partial charge in [-0.25, -0.2) is 4.79 Å². The largest absolute Gasteiger partial charge is 0.451 e. The van der Waals surface area contributed by atoms with Crippen molar-refractivity contribution >= 4 is 29.5 Å². The van der Waals surface area contributed by atoms with Crippen LogP contribution in [0.15, 0.2) is 18.2 Å². The lowest BCUT2D eigenvalue weighted by molar-refractivity contribution is -0.155. The van der Waals surface area contributed by atoms with Gasteiger partial charge in [0, 0.05) is 5.69 Å². The molecule has 2 atom stereocenters. The molecular formula is C19H25N3O5. The third-order valence-corrected chi connectivity index (χ3v) is 4.66. The zero-order valence-corrected chi connectivity index (χ0v) is 16.2. The molecule has 0 aliphatic carbocycles. The monoisotopic (exact) mass is 375 g/mol. The van der Waals surface area contributed by atoms with E-state index < -0.39 is 42.0 Å². The Hall–Kier alpha value is -2.90. The highest BCUT2D eigenvalue weighted by Crippen LogP contribution is 2.21. The van der Waals surface area contributed by atoms with Crippen molar-refractivity contribution in [2.45, 2.75) is 52.7 Å². The first-order valence-electron chi connectivity index (χ1n) is 8.79. The van der Waals surface area contributed by atoms with Crippen LogP contribution in [-0.2, 0) is 19.1 Å². The van der Waals surface area contributed by atoms with Gasteiger partial charge < -0.3 is 15.4 Å². The molecule has 2 rings (SSSR count). The average Bonchev–Trinajstić information content (AvgIpc) is 2.81. The summed E-state index contributed by atoms with van der Waals surface area (Å²) in [7, 11) is 0. The standard InChI is InChI=1S/C19H25N3O5/c1-6-19(5)17(25)22(18(26)21-19)10-15(23)27-13(4)16(24)20-14-8-7-11(2)9-12(14)3/h7-9,13H,6,10H2,1-5H3,(H,20,24)(H,21,26)/t13-,19+/m1/s1. The van der Waals surface area contributed by atoms with E-state index in [0.29, 0.717) is 12.1 Å². The van der Waals surface area contributed by atoms with E-state index in [2.05, 4.69) is 10.6 Å². The Bertz CT molecular complexity index is 792. The molecule has 0 bridgehead atoms. The minimum atomic E-state index is -1.07. The third kappa shape index (κ3) is 4.45. The third-order valence-electron chi connectivity index (χ3n) is 4.66. The van der Waals surface area contributed by atoms with E-state index in [-0.39, 0.29) is 0 Å². The highest BCUT2D eigenvalue weighted by atomic mass is 16.5. The number of ether oxygens (including phenoxy) is 1. The summed E-state index contributed by atoms with van der Waals surface area (Å²) in [4.78, 5) is 49.4. The van der Waals surface area contributed by atoms with Gasteiger partial charge in [0.2, 0.25) is 0 Å². The Morgan fingerprint density at radius 3 is 2.52 bits per heavy atom. The van der Waals surface area contributed by atoms with Crippen molar-refractivity contribution in [3.05, 3.63) is 29.3 Å². The number of nitrogens with zero attached hydrogens (tertiary/aromatic N) is 1. The number of urea groups is 1. The average molecular weight is 375 g/mol. The van der Waals surface area contributed by atoms with E-state index in [4.69, 9.17) is 4.74 Å². The SMILES string of the molecule is CC[C@]1(C)NC(=O)N(CC(=O)O[C@H](C)C(=O)Nc2ccc(C)cc2C)C1=O. The Balaban J connectivity index is 1.94. The minimum absolute atomic E-state index is 0.401. The molecule has 27 heavy (non-hydrogen) atoms. The number of rotatable bonds is 6. The number of hydrogen-bond acceptors (Lipinski definition) is 5. The second kappa shape index (κ2) is 7.77. The summed E-state index contributed by atoms with van der Waals surface area (Å²) in [6, 6.07) is 4.92. The second-order valence-corrected chi connectivity index (χ2v) is 6.95. The Morgan fingerprint density at radius 1 is 1.30 bits per heavy atom. The van der Waals surface area contributed by atoms with Crippen LogP contribution in [0.3, 0.4) is 0 Å². The normalized spacial score (nSPS) is 20.3. The number of amides is 4. The van der Waals surface area contributed by atoms with E-state index in [9.17, 15) is 19.2 Å². The molecule has 1 aliphatic heterocycles. The summed E-state index contributed by atoms with van der Waals surface area (Å²) >= 11 is 0. The maximum absolute atomic E-state index is 12.3. The van der Waals surface area contributed by atoms with Gasteiger partial charge in [-0.05, 0) is 45.7 Å². The first-order valence-corrected chi connectivity index (χ1v) is 8.79. The lowest BCUT2D eigenvalue weighted by Gasteiger charge is -2.19. The van der Waals surface area contributed by atoms with Gasteiger partial charge >= 0.3 is 12.0 Å². The second-order valence-electron chi connectivity index (χ2n) is 6.95. The number of benzene rings is 1. The molecule has 1 saturated heterocycles. The lowest BCUT2D eigenvalue weighted by atomic mass is 9.99. The van der Waals surface area contributed by atoms with E-state index in [0.717, 1.165) is 16.0 Å². The number of anilines is 1. The molecule has 0 radical (unpaired) electrons. The fourth-order valence-corrected chi connectivity index (χ4v) is 2.74. The fraction of sp³-hybridized carbons (Fsp3) is 0.474. The number of aryl methyl sites for hydroxylation is 2. The summed E-state index contributed by atoms with van der Waals surface area (Å²) in [5.41, 5.74) is 1.56. The first-order chi connectivity index (χ1) is 12.6. The maximum Gasteiger partial charge on any atom is 0.327 e. The zero-order valence-electron chi connectivity index (χ0n) is 16.2. The summed E-state index contributed by atoms with van der Waals surface area (Å²) < 4.78 is 5.08. The smallest absolute Gasteiger partial charge is 0.327 e. The van der Waals surface area contributed by atoms with Gasteiger partial charge in [-0.15, -0.1) is 0 Å². The van der Waals surface area contributed by atoms with Crippen molar-refractivity contribution in [3.63, 3.8) is 0 Å². The molecule has 8 nitrogen and oxygen atoms in total. The molecule has 0 spiro atoms. The van der Waals surface area contributed by atoms with Crippen LogP contribution in [0.5, 0.6) is 0 Å². The van der Waals surface area contributed by atoms with E-state index in [1.54, 1.807) is 19.9 Å². The van der Waals surface area contributed by atoms with Gasteiger partial charge in [-0.1, -0.05) is 24.6 Å². The summed E-state index contributed by atoms with van der Waals surface area (Å²) in [5.74, 6) is -1.81. The predicted octanol–water partition coefficient (Wildman–Crippen LogP) is 1.89. The van der Waals surface area contributed by atoms with Crippen LogP contribution in [0, 0.1) is 13.8 Å². The maximum atomic E-state index is 12.3. The van der Waals surface area contributed by atoms with Gasteiger partial charge in [-0.3, -0.25) is 19.3 Å². The number of carbonyl (C=O) groups excluding carboxylic acids is 4. The van der Waals surface area contributed by atoms with E-state index >= 15 is 0 Å². The number of nitrogens with one attached hydrogen (secondary N) is 2. The molecule has 1 fully saturated rings. The van der Waals surface area contributed by atoms with Crippen molar-refractivity contribution < 1.29 is 23.9 Å². The van der Waals surface area contributed by atoms with Gasteiger partial charge in [0.15, 0.2) is 6.10 Å². The van der Waals surface area contributed by atoms with Crippen LogP contribution < -0.4 is 10.6 Å². The minimum Gasteiger partial charge on any atom is -0.451 e. The summed E-state index contributed by atoms with van der Waals surface area (Å²) in [6.45, 7) is 8.06. The number of hydrogen-bond donors (Lipinski definition) is 2. The molecule has 0 unspecified atom stereocenters. The number of imide groups is 1. The first kappa shape index (κ1) is 20.4.